The highest BCUT2D eigenvalue weighted by atomic mass is 32.1. The van der Waals surface area contributed by atoms with E-state index in [0.29, 0.717) is 10.6 Å². The molecule has 4 rings (SSSR count). The van der Waals surface area contributed by atoms with Gasteiger partial charge in [-0.2, -0.15) is 14.9 Å². The molecule has 1 N–H and O–H groups in total. The lowest BCUT2D eigenvalue weighted by Gasteiger charge is -2.11. The van der Waals surface area contributed by atoms with Crippen molar-refractivity contribution >= 4 is 29.2 Å². The summed E-state index contributed by atoms with van der Waals surface area (Å²) in [6.07, 6.45) is 1.75. The van der Waals surface area contributed by atoms with Crippen molar-refractivity contribution in [1.29, 1.82) is 0 Å². The number of nitrogens with one attached hydrogen (secondary N) is 1. The summed E-state index contributed by atoms with van der Waals surface area (Å²) < 4.78 is 13.5. The van der Waals surface area contributed by atoms with Crippen molar-refractivity contribution in [2.75, 3.05) is 7.11 Å². The average Bonchev–Trinajstić information content (AvgIpc) is 3.11. The number of aryl methyl sites for hydroxylation is 2. The van der Waals surface area contributed by atoms with Gasteiger partial charge in [-0.15, -0.1) is 0 Å². The smallest absolute Gasteiger partial charge is 0.216 e. The summed E-state index contributed by atoms with van der Waals surface area (Å²) in [6.45, 7) is 4.28. The second-order valence-corrected chi connectivity index (χ2v) is 7.30. The molecule has 0 radical (unpaired) electrons. The number of H-pyrrole nitrogens is 1. The number of methoxy groups -OCH3 is 1. The van der Waals surface area contributed by atoms with Crippen LogP contribution < -0.4 is 9.47 Å². The van der Waals surface area contributed by atoms with Gasteiger partial charge in [-0.25, -0.2) is 5.10 Å². The van der Waals surface area contributed by atoms with Crippen LogP contribution in [0, 0.1) is 18.6 Å². The number of hydrogen-bond donors (Lipinski definition) is 1. The van der Waals surface area contributed by atoms with Crippen LogP contribution in [0.1, 0.15) is 22.5 Å². The highest BCUT2D eigenvalue weighted by molar-refractivity contribution is 7.71. The van der Waals surface area contributed by atoms with Crippen LogP contribution in [0.3, 0.4) is 0 Å². The molecule has 4 aromatic rings. The quantitative estimate of drug-likeness (QED) is 0.346. The molecule has 0 unspecified atom stereocenters. The Balaban J connectivity index is 1.67. The van der Waals surface area contributed by atoms with Gasteiger partial charge in [0.25, 0.3) is 0 Å². The monoisotopic (exact) mass is 418 g/mol. The average molecular weight is 419 g/mol. The first-order valence-electron chi connectivity index (χ1n) is 9.54. The molecular formula is C23H22N4O2S. The molecule has 1 heterocycles. The molecule has 3 aromatic carbocycles. The number of ether oxygens (including phenoxy) is 2. The Bertz CT molecular complexity index is 1270. The number of para-hydroxylation sites is 1. The Morgan fingerprint density at radius 3 is 2.60 bits per heavy atom. The Kier molecular flexibility index (Phi) is 5.63. The van der Waals surface area contributed by atoms with Crippen LogP contribution >= 0.6 is 12.2 Å². The van der Waals surface area contributed by atoms with Gasteiger partial charge >= 0.3 is 0 Å². The summed E-state index contributed by atoms with van der Waals surface area (Å²) >= 11 is 5.37. The molecule has 0 aliphatic heterocycles. The van der Waals surface area contributed by atoms with E-state index in [1.807, 2.05) is 62.4 Å². The van der Waals surface area contributed by atoms with Crippen LogP contribution in [0.25, 0.3) is 10.8 Å². The number of aromatic amines is 1. The number of benzene rings is 3. The van der Waals surface area contributed by atoms with Crippen molar-refractivity contribution in [2.45, 2.75) is 20.5 Å². The van der Waals surface area contributed by atoms with Gasteiger partial charge in [0, 0.05) is 5.56 Å². The largest absolute Gasteiger partial charge is 0.496 e. The first-order chi connectivity index (χ1) is 14.6. The number of fused-ring (bicyclic) bond motifs is 1. The Hall–Kier alpha value is -3.45. The molecule has 30 heavy (non-hydrogen) atoms. The maximum atomic E-state index is 6.03. The fraction of sp³-hybridized carbons (Fsp3) is 0.174. The van der Waals surface area contributed by atoms with E-state index >= 15 is 0 Å². The zero-order chi connectivity index (χ0) is 21.1. The molecule has 152 valence electrons. The van der Waals surface area contributed by atoms with Crippen molar-refractivity contribution in [3.63, 3.8) is 0 Å². The molecule has 6 nitrogen and oxygen atoms in total. The third kappa shape index (κ3) is 3.84. The predicted molar refractivity (Wildman–Crippen MR) is 121 cm³/mol. The van der Waals surface area contributed by atoms with Gasteiger partial charge in [0.2, 0.25) is 4.77 Å². The van der Waals surface area contributed by atoms with Crippen LogP contribution in [0.4, 0.5) is 0 Å². The minimum atomic E-state index is 0.239. The van der Waals surface area contributed by atoms with E-state index < -0.39 is 0 Å². The number of hydrogen-bond acceptors (Lipinski definition) is 5. The van der Waals surface area contributed by atoms with E-state index in [2.05, 4.69) is 21.4 Å². The zero-order valence-corrected chi connectivity index (χ0v) is 17.9. The summed E-state index contributed by atoms with van der Waals surface area (Å²) in [5.74, 6) is 2.16. The van der Waals surface area contributed by atoms with Crippen molar-refractivity contribution in [1.82, 2.24) is 14.9 Å². The molecule has 0 atom stereocenters. The summed E-state index contributed by atoms with van der Waals surface area (Å²) in [4.78, 5) is 0. The van der Waals surface area contributed by atoms with Gasteiger partial charge in [-0.3, -0.25) is 0 Å². The lowest BCUT2D eigenvalue weighted by molar-refractivity contribution is 0.287. The molecule has 0 saturated heterocycles. The van der Waals surface area contributed by atoms with E-state index in [-0.39, 0.29) is 6.61 Å². The normalized spacial score (nSPS) is 11.3. The standard InChI is InChI=1S/C23H22N4O2S/c1-15-7-6-8-16(2)22(15)29-14-21-25-26-23(30)27(21)24-13-19-18-10-5-4-9-17(18)11-12-20(19)28-3/h4-13H,14H2,1-3H3,(H,26,30)/b24-13-. The second kappa shape index (κ2) is 8.51. The number of nitrogens with zero attached hydrogens (tertiary/aromatic N) is 3. The van der Waals surface area contributed by atoms with E-state index in [1.165, 1.54) is 0 Å². The number of rotatable bonds is 6. The Morgan fingerprint density at radius 1 is 1.07 bits per heavy atom. The predicted octanol–water partition coefficient (Wildman–Crippen LogP) is 5.18. The third-order valence-corrected chi connectivity index (χ3v) is 5.19. The Morgan fingerprint density at radius 2 is 1.83 bits per heavy atom. The van der Waals surface area contributed by atoms with Crippen molar-refractivity contribution in [3.05, 3.63) is 81.9 Å². The van der Waals surface area contributed by atoms with Gasteiger partial charge in [0.05, 0.1) is 13.3 Å². The second-order valence-electron chi connectivity index (χ2n) is 6.91. The molecule has 0 amide bonds. The van der Waals surface area contributed by atoms with Crippen LogP contribution in [0.5, 0.6) is 11.5 Å². The van der Waals surface area contributed by atoms with Gasteiger partial charge in [0.1, 0.15) is 18.1 Å². The summed E-state index contributed by atoms with van der Waals surface area (Å²) in [7, 11) is 1.65. The van der Waals surface area contributed by atoms with Gasteiger partial charge in [-0.1, -0.05) is 48.5 Å². The first kappa shape index (κ1) is 19.8. The van der Waals surface area contributed by atoms with E-state index in [4.69, 9.17) is 21.7 Å². The molecule has 0 fully saturated rings. The molecule has 7 heteroatoms. The van der Waals surface area contributed by atoms with Crippen LogP contribution in [-0.4, -0.2) is 28.2 Å². The molecule has 1 aromatic heterocycles. The van der Waals surface area contributed by atoms with E-state index in [9.17, 15) is 0 Å². The van der Waals surface area contributed by atoms with Crippen LogP contribution in [-0.2, 0) is 6.61 Å². The van der Waals surface area contributed by atoms with Gasteiger partial charge < -0.3 is 9.47 Å². The van der Waals surface area contributed by atoms with E-state index in [0.717, 1.165) is 39.0 Å². The van der Waals surface area contributed by atoms with E-state index in [1.54, 1.807) is 18.0 Å². The first-order valence-corrected chi connectivity index (χ1v) is 9.94. The Labute approximate surface area is 179 Å². The fourth-order valence-corrected chi connectivity index (χ4v) is 3.60. The van der Waals surface area contributed by atoms with Gasteiger partial charge in [0.15, 0.2) is 5.82 Å². The van der Waals surface area contributed by atoms with Crippen LogP contribution in [0.2, 0.25) is 0 Å². The summed E-state index contributed by atoms with van der Waals surface area (Å²) in [6, 6.07) is 18.1. The van der Waals surface area contributed by atoms with Gasteiger partial charge in [-0.05, 0) is 54.0 Å². The third-order valence-electron chi connectivity index (χ3n) is 4.92. The minimum absolute atomic E-state index is 0.239. The summed E-state index contributed by atoms with van der Waals surface area (Å²) in [5.41, 5.74) is 3.01. The molecule has 0 spiro atoms. The zero-order valence-electron chi connectivity index (χ0n) is 17.0. The molecule has 0 aliphatic rings. The molecule has 0 bridgehead atoms. The molecular weight excluding hydrogens is 396 g/mol. The summed E-state index contributed by atoms with van der Waals surface area (Å²) in [5, 5.41) is 13.8. The SMILES string of the molecule is COc1ccc2ccccc2c1/C=N\n1c(COc2c(C)cccc2C)n[nH]c1=S. The maximum Gasteiger partial charge on any atom is 0.216 e. The minimum Gasteiger partial charge on any atom is -0.496 e. The van der Waals surface area contributed by atoms with Crippen LogP contribution in [0.15, 0.2) is 59.7 Å². The maximum absolute atomic E-state index is 6.03. The highest BCUT2D eigenvalue weighted by Gasteiger charge is 2.10. The molecule has 0 aliphatic carbocycles. The van der Waals surface area contributed by atoms with Crippen molar-refractivity contribution in [3.8, 4) is 11.5 Å². The van der Waals surface area contributed by atoms with Crippen molar-refractivity contribution < 1.29 is 9.47 Å². The topological polar surface area (TPSA) is 64.4 Å². The highest BCUT2D eigenvalue weighted by Crippen LogP contribution is 2.27. The lowest BCUT2D eigenvalue weighted by Crippen LogP contribution is -2.06. The lowest BCUT2D eigenvalue weighted by atomic mass is 10.0. The molecule has 0 saturated carbocycles. The van der Waals surface area contributed by atoms with Crippen molar-refractivity contribution in [2.24, 2.45) is 5.10 Å². The number of aromatic nitrogens is 3. The fourth-order valence-electron chi connectivity index (χ4n) is 3.40.